The van der Waals surface area contributed by atoms with E-state index in [2.05, 4.69) is 19.2 Å². The zero-order chi connectivity index (χ0) is 18.4. The summed E-state index contributed by atoms with van der Waals surface area (Å²) >= 11 is 0. The highest BCUT2D eigenvalue weighted by molar-refractivity contribution is 7.89. The SMILES string of the molecule is CC(C)CCNC(=O)C[NH+]1CCN(S(=O)(=O)c2cccc(F)c2)CC1. The molecule has 0 atom stereocenters. The first kappa shape index (κ1) is 19.8. The Morgan fingerprint density at radius 1 is 1.32 bits per heavy atom. The predicted octanol–water partition coefficient (Wildman–Crippen LogP) is -0.123. The van der Waals surface area contributed by atoms with Gasteiger partial charge in [-0.15, -0.1) is 0 Å². The van der Waals surface area contributed by atoms with Crippen LogP contribution < -0.4 is 10.2 Å². The van der Waals surface area contributed by atoms with Gasteiger partial charge in [0, 0.05) is 6.54 Å². The van der Waals surface area contributed by atoms with Crippen molar-refractivity contribution in [2.24, 2.45) is 5.92 Å². The minimum absolute atomic E-state index is 0.00270. The van der Waals surface area contributed by atoms with Gasteiger partial charge in [-0.2, -0.15) is 4.31 Å². The van der Waals surface area contributed by atoms with E-state index in [9.17, 15) is 17.6 Å². The van der Waals surface area contributed by atoms with E-state index < -0.39 is 15.8 Å². The molecule has 0 spiro atoms. The van der Waals surface area contributed by atoms with Crippen LogP contribution in [0.4, 0.5) is 4.39 Å². The summed E-state index contributed by atoms with van der Waals surface area (Å²) in [6.07, 6.45) is 0.945. The molecule has 1 aliphatic heterocycles. The summed E-state index contributed by atoms with van der Waals surface area (Å²) in [4.78, 5) is 13.0. The number of piperazine rings is 1. The number of quaternary nitrogens is 1. The molecule has 1 aromatic carbocycles. The average Bonchev–Trinajstić information content (AvgIpc) is 2.55. The number of halogens is 1. The summed E-state index contributed by atoms with van der Waals surface area (Å²) in [6.45, 7) is 7.01. The van der Waals surface area contributed by atoms with Gasteiger partial charge in [-0.1, -0.05) is 19.9 Å². The number of nitrogens with one attached hydrogen (secondary N) is 2. The number of sulfonamides is 1. The van der Waals surface area contributed by atoms with Crippen LogP contribution in [0.15, 0.2) is 29.2 Å². The number of hydrogen-bond donors (Lipinski definition) is 2. The Balaban J connectivity index is 1.84. The Bertz CT molecular complexity index is 686. The van der Waals surface area contributed by atoms with Crippen LogP contribution in [0.3, 0.4) is 0 Å². The van der Waals surface area contributed by atoms with E-state index in [1.807, 2.05) is 0 Å². The predicted molar refractivity (Wildman–Crippen MR) is 93.2 cm³/mol. The fourth-order valence-electron chi connectivity index (χ4n) is 2.79. The molecule has 1 fully saturated rings. The van der Waals surface area contributed by atoms with Gasteiger partial charge in [0.25, 0.3) is 5.91 Å². The van der Waals surface area contributed by atoms with Gasteiger partial charge >= 0.3 is 0 Å². The first-order chi connectivity index (χ1) is 11.8. The third-order valence-electron chi connectivity index (χ3n) is 4.32. The van der Waals surface area contributed by atoms with Crippen molar-refractivity contribution in [3.8, 4) is 0 Å². The van der Waals surface area contributed by atoms with Gasteiger partial charge in [0.2, 0.25) is 10.0 Å². The Labute approximate surface area is 149 Å². The van der Waals surface area contributed by atoms with Crippen molar-refractivity contribution in [1.82, 2.24) is 9.62 Å². The number of hydrogen-bond acceptors (Lipinski definition) is 3. The highest BCUT2D eigenvalue weighted by atomic mass is 32.2. The van der Waals surface area contributed by atoms with Gasteiger partial charge in [0.1, 0.15) is 5.82 Å². The van der Waals surface area contributed by atoms with Crippen LogP contribution in [0.5, 0.6) is 0 Å². The van der Waals surface area contributed by atoms with E-state index in [0.29, 0.717) is 45.2 Å². The first-order valence-electron chi connectivity index (χ1n) is 8.65. The van der Waals surface area contributed by atoms with Crippen molar-refractivity contribution < 1.29 is 22.5 Å². The zero-order valence-electron chi connectivity index (χ0n) is 14.8. The molecule has 1 amide bonds. The third-order valence-corrected chi connectivity index (χ3v) is 6.21. The number of amides is 1. The van der Waals surface area contributed by atoms with E-state index in [1.165, 1.54) is 22.5 Å². The normalized spacial score (nSPS) is 17.0. The van der Waals surface area contributed by atoms with Crippen molar-refractivity contribution in [1.29, 1.82) is 0 Å². The average molecular weight is 372 g/mol. The van der Waals surface area contributed by atoms with Gasteiger partial charge in [0.15, 0.2) is 6.54 Å². The topological polar surface area (TPSA) is 70.9 Å². The van der Waals surface area contributed by atoms with Crippen molar-refractivity contribution in [3.05, 3.63) is 30.1 Å². The fourth-order valence-corrected chi connectivity index (χ4v) is 4.26. The highest BCUT2D eigenvalue weighted by Gasteiger charge is 2.31. The zero-order valence-corrected chi connectivity index (χ0v) is 15.6. The number of carbonyl (C=O) groups is 1. The van der Waals surface area contributed by atoms with Crippen LogP contribution >= 0.6 is 0 Å². The maximum Gasteiger partial charge on any atom is 0.275 e. The molecule has 8 heteroatoms. The van der Waals surface area contributed by atoms with Crippen molar-refractivity contribution in [2.75, 3.05) is 39.3 Å². The van der Waals surface area contributed by atoms with Crippen LogP contribution in [-0.2, 0) is 14.8 Å². The highest BCUT2D eigenvalue weighted by Crippen LogP contribution is 2.16. The van der Waals surface area contributed by atoms with Crippen molar-refractivity contribution >= 4 is 15.9 Å². The Morgan fingerprint density at radius 2 is 2.00 bits per heavy atom. The van der Waals surface area contributed by atoms with Crippen LogP contribution in [-0.4, -0.2) is 57.9 Å². The molecule has 140 valence electrons. The van der Waals surface area contributed by atoms with E-state index in [-0.39, 0.29) is 10.8 Å². The molecule has 1 saturated heterocycles. The lowest BCUT2D eigenvalue weighted by Crippen LogP contribution is -3.15. The van der Waals surface area contributed by atoms with Crippen molar-refractivity contribution in [3.63, 3.8) is 0 Å². The second kappa shape index (κ2) is 8.73. The molecule has 2 rings (SSSR count). The van der Waals surface area contributed by atoms with Crippen LogP contribution in [0.2, 0.25) is 0 Å². The standard InChI is InChI=1S/C17H26FN3O3S/c1-14(2)6-7-19-17(22)13-20-8-10-21(11-9-20)25(23,24)16-5-3-4-15(18)12-16/h3-5,12,14H,6-11,13H2,1-2H3,(H,19,22)/p+1. The first-order valence-corrected chi connectivity index (χ1v) is 10.1. The number of rotatable bonds is 7. The Morgan fingerprint density at radius 3 is 2.60 bits per heavy atom. The van der Waals surface area contributed by atoms with Crippen molar-refractivity contribution in [2.45, 2.75) is 25.2 Å². The quantitative estimate of drug-likeness (QED) is 0.701. The lowest BCUT2D eigenvalue weighted by molar-refractivity contribution is -0.895. The lowest BCUT2D eigenvalue weighted by atomic mass is 10.1. The minimum atomic E-state index is -3.68. The fraction of sp³-hybridized carbons (Fsp3) is 0.588. The molecule has 6 nitrogen and oxygen atoms in total. The molecule has 0 saturated carbocycles. The monoisotopic (exact) mass is 372 g/mol. The summed E-state index contributed by atoms with van der Waals surface area (Å²) in [5.41, 5.74) is 0. The summed E-state index contributed by atoms with van der Waals surface area (Å²) in [5.74, 6) is -0.0234. The van der Waals surface area contributed by atoms with Crippen LogP contribution in [0, 0.1) is 11.7 Å². The molecule has 0 aromatic heterocycles. The van der Waals surface area contributed by atoms with E-state index in [1.54, 1.807) is 0 Å². The molecule has 2 N–H and O–H groups in total. The molecule has 1 aliphatic rings. The van der Waals surface area contributed by atoms with Gasteiger partial charge in [-0.3, -0.25) is 4.79 Å². The summed E-state index contributed by atoms with van der Waals surface area (Å²) < 4.78 is 39.7. The maximum absolute atomic E-state index is 13.3. The van der Waals surface area contributed by atoms with Crippen LogP contribution in [0.25, 0.3) is 0 Å². The molecule has 0 unspecified atom stereocenters. The molecule has 25 heavy (non-hydrogen) atoms. The number of carbonyl (C=O) groups excluding carboxylic acids is 1. The van der Waals surface area contributed by atoms with E-state index in [4.69, 9.17) is 0 Å². The van der Waals surface area contributed by atoms with Gasteiger partial charge in [-0.05, 0) is 30.5 Å². The van der Waals surface area contributed by atoms with Crippen LogP contribution in [0.1, 0.15) is 20.3 Å². The molecule has 1 heterocycles. The molecular formula is C17H27FN3O3S+. The molecule has 0 aliphatic carbocycles. The minimum Gasteiger partial charge on any atom is -0.351 e. The number of nitrogens with zero attached hydrogens (tertiary/aromatic N) is 1. The third kappa shape index (κ3) is 5.76. The number of benzene rings is 1. The molecule has 1 aromatic rings. The second-order valence-electron chi connectivity index (χ2n) is 6.82. The molecule has 0 bridgehead atoms. The molecular weight excluding hydrogens is 345 g/mol. The second-order valence-corrected chi connectivity index (χ2v) is 8.76. The summed E-state index contributed by atoms with van der Waals surface area (Å²) in [5, 5.41) is 2.90. The van der Waals surface area contributed by atoms with Gasteiger partial charge in [-0.25, -0.2) is 12.8 Å². The Hall–Kier alpha value is -1.51. The van der Waals surface area contributed by atoms with E-state index >= 15 is 0 Å². The Kier molecular flexibility index (Phi) is 6.92. The molecule has 0 radical (unpaired) electrons. The largest absolute Gasteiger partial charge is 0.351 e. The summed E-state index contributed by atoms with van der Waals surface area (Å²) in [6, 6.07) is 5.06. The smallest absolute Gasteiger partial charge is 0.275 e. The van der Waals surface area contributed by atoms with Gasteiger partial charge < -0.3 is 10.2 Å². The van der Waals surface area contributed by atoms with Gasteiger partial charge in [0.05, 0.1) is 31.1 Å². The summed E-state index contributed by atoms with van der Waals surface area (Å²) in [7, 11) is -3.68. The van der Waals surface area contributed by atoms with E-state index in [0.717, 1.165) is 17.4 Å². The maximum atomic E-state index is 13.3. The lowest BCUT2D eigenvalue weighted by Gasteiger charge is -2.31.